The Bertz CT molecular complexity index is 358. The number of ether oxygens (including phenoxy) is 1. The smallest absolute Gasteiger partial charge is 0.188 e. The third-order valence-corrected chi connectivity index (χ3v) is 2.94. The Balaban J connectivity index is 2.54. The van der Waals surface area contributed by atoms with Crippen LogP contribution in [0, 0.1) is 0 Å². The first kappa shape index (κ1) is 12.8. The number of thioether (sulfide) groups is 1. The van der Waals surface area contributed by atoms with E-state index in [1.54, 1.807) is 31.1 Å². The lowest BCUT2D eigenvalue weighted by atomic mass is 10.3. The Kier molecular flexibility index (Phi) is 5.66. The molecule has 0 aliphatic heterocycles. The molecule has 0 aliphatic rings. The zero-order valence-corrected chi connectivity index (χ0v) is 9.91. The van der Waals surface area contributed by atoms with Gasteiger partial charge in [0.25, 0.3) is 0 Å². The molecule has 6 heteroatoms. The maximum absolute atomic E-state index is 8.52. The van der Waals surface area contributed by atoms with Crippen molar-refractivity contribution in [1.29, 1.82) is 0 Å². The number of aromatic nitrogens is 1. The molecule has 0 saturated carbocycles. The predicted octanol–water partition coefficient (Wildman–Crippen LogP) is 1.30. The summed E-state index contributed by atoms with van der Waals surface area (Å²) in [5.74, 6) is 0.993. The topological polar surface area (TPSA) is 80.7 Å². The number of oxime groups is 1. The summed E-state index contributed by atoms with van der Waals surface area (Å²) in [5.41, 5.74) is 5.93. The molecule has 3 N–H and O–H groups in total. The van der Waals surface area contributed by atoms with E-state index in [0.717, 1.165) is 23.7 Å². The van der Waals surface area contributed by atoms with Crippen LogP contribution in [0.25, 0.3) is 0 Å². The highest BCUT2D eigenvalue weighted by atomic mass is 32.2. The fourth-order valence-electron chi connectivity index (χ4n) is 1.09. The molecule has 16 heavy (non-hydrogen) atoms. The van der Waals surface area contributed by atoms with E-state index in [1.807, 2.05) is 6.07 Å². The van der Waals surface area contributed by atoms with Gasteiger partial charge >= 0.3 is 0 Å². The molecule has 5 nitrogen and oxygen atoms in total. The zero-order valence-electron chi connectivity index (χ0n) is 9.09. The van der Waals surface area contributed by atoms with Gasteiger partial charge in [-0.3, -0.25) is 4.98 Å². The number of nitrogens with zero attached hydrogens (tertiary/aromatic N) is 2. The normalized spacial score (nSPS) is 11.7. The van der Waals surface area contributed by atoms with Crippen LogP contribution < -0.4 is 5.73 Å². The average Bonchev–Trinajstić information content (AvgIpc) is 2.34. The quantitative estimate of drug-likeness (QED) is 0.196. The Morgan fingerprint density at radius 1 is 1.69 bits per heavy atom. The first-order valence-corrected chi connectivity index (χ1v) is 5.82. The SMILES string of the molecule is COCCCSc1ccnc(C(N)=NO)c1. The van der Waals surface area contributed by atoms with E-state index in [-0.39, 0.29) is 5.84 Å². The van der Waals surface area contributed by atoms with Crippen LogP contribution in [0.2, 0.25) is 0 Å². The summed E-state index contributed by atoms with van der Waals surface area (Å²) in [5, 5.41) is 11.4. The van der Waals surface area contributed by atoms with Crippen LogP contribution in [0.3, 0.4) is 0 Å². The van der Waals surface area contributed by atoms with E-state index >= 15 is 0 Å². The number of pyridine rings is 1. The molecular formula is C10H15N3O2S. The van der Waals surface area contributed by atoms with Gasteiger partial charge in [0.1, 0.15) is 5.69 Å². The van der Waals surface area contributed by atoms with Crippen molar-refractivity contribution >= 4 is 17.6 Å². The van der Waals surface area contributed by atoms with E-state index < -0.39 is 0 Å². The number of nitrogens with two attached hydrogens (primary N) is 1. The standard InChI is InChI=1S/C10H15N3O2S/c1-15-5-2-6-16-8-3-4-12-9(7-8)10(11)13-14/h3-4,7,14H,2,5-6H2,1H3,(H2,11,13). The average molecular weight is 241 g/mol. The molecule has 0 amide bonds. The van der Waals surface area contributed by atoms with Crippen LogP contribution in [0.4, 0.5) is 0 Å². The van der Waals surface area contributed by atoms with E-state index in [2.05, 4.69) is 10.1 Å². The fourth-order valence-corrected chi connectivity index (χ4v) is 1.94. The van der Waals surface area contributed by atoms with E-state index in [1.165, 1.54) is 0 Å². The van der Waals surface area contributed by atoms with E-state index in [9.17, 15) is 0 Å². The van der Waals surface area contributed by atoms with Gasteiger partial charge in [0.2, 0.25) is 0 Å². The lowest BCUT2D eigenvalue weighted by molar-refractivity contribution is 0.200. The summed E-state index contributed by atoms with van der Waals surface area (Å²) in [4.78, 5) is 5.05. The van der Waals surface area contributed by atoms with Crippen molar-refractivity contribution in [2.24, 2.45) is 10.9 Å². The number of rotatable bonds is 6. The van der Waals surface area contributed by atoms with Crippen LogP contribution in [0.15, 0.2) is 28.4 Å². The molecule has 1 heterocycles. The largest absolute Gasteiger partial charge is 0.409 e. The van der Waals surface area contributed by atoms with Crippen molar-refractivity contribution in [3.05, 3.63) is 24.0 Å². The van der Waals surface area contributed by atoms with Gasteiger partial charge in [-0.2, -0.15) is 0 Å². The Morgan fingerprint density at radius 2 is 2.50 bits per heavy atom. The van der Waals surface area contributed by atoms with Crippen LogP contribution in [0.1, 0.15) is 12.1 Å². The molecule has 0 aliphatic carbocycles. The fraction of sp³-hybridized carbons (Fsp3) is 0.400. The van der Waals surface area contributed by atoms with Gasteiger partial charge in [-0.25, -0.2) is 0 Å². The first-order chi connectivity index (χ1) is 7.77. The summed E-state index contributed by atoms with van der Waals surface area (Å²) in [7, 11) is 1.69. The minimum absolute atomic E-state index is 0.0272. The lowest BCUT2D eigenvalue weighted by Crippen LogP contribution is -2.14. The second-order valence-corrected chi connectivity index (χ2v) is 4.23. The van der Waals surface area contributed by atoms with Crippen molar-refractivity contribution < 1.29 is 9.94 Å². The van der Waals surface area contributed by atoms with Gasteiger partial charge in [-0.15, -0.1) is 11.8 Å². The van der Waals surface area contributed by atoms with Gasteiger partial charge in [0.05, 0.1) is 0 Å². The van der Waals surface area contributed by atoms with Crippen LogP contribution in [-0.4, -0.2) is 35.5 Å². The summed E-state index contributed by atoms with van der Waals surface area (Å²) < 4.78 is 4.96. The van der Waals surface area contributed by atoms with Crippen LogP contribution in [0.5, 0.6) is 0 Å². The number of methoxy groups -OCH3 is 1. The van der Waals surface area contributed by atoms with E-state index in [0.29, 0.717) is 5.69 Å². The Morgan fingerprint density at radius 3 is 3.19 bits per heavy atom. The summed E-state index contributed by atoms with van der Waals surface area (Å²) in [6.45, 7) is 0.755. The second kappa shape index (κ2) is 7.08. The molecule has 0 radical (unpaired) electrons. The molecule has 0 unspecified atom stereocenters. The molecule has 0 saturated heterocycles. The van der Waals surface area contributed by atoms with Crippen LogP contribution >= 0.6 is 11.8 Å². The maximum atomic E-state index is 8.52. The Labute approximate surface area is 98.7 Å². The van der Waals surface area contributed by atoms with Gasteiger partial charge in [0.15, 0.2) is 5.84 Å². The molecular weight excluding hydrogens is 226 g/mol. The molecule has 0 bridgehead atoms. The molecule has 0 atom stereocenters. The van der Waals surface area contributed by atoms with Crippen molar-refractivity contribution in [2.75, 3.05) is 19.5 Å². The third kappa shape index (κ3) is 4.08. The highest BCUT2D eigenvalue weighted by Crippen LogP contribution is 2.18. The molecule has 0 aromatic carbocycles. The summed E-state index contributed by atoms with van der Waals surface area (Å²) in [6, 6.07) is 3.69. The van der Waals surface area contributed by atoms with Gasteiger partial charge < -0.3 is 15.7 Å². The minimum atomic E-state index is 0.0272. The maximum Gasteiger partial charge on any atom is 0.188 e. The molecule has 88 valence electrons. The lowest BCUT2D eigenvalue weighted by Gasteiger charge is -2.03. The van der Waals surface area contributed by atoms with Gasteiger partial charge in [-0.05, 0) is 18.6 Å². The number of hydrogen-bond acceptors (Lipinski definition) is 5. The number of hydrogen-bond donors (Lipinski definition) is 2. The molecule has 1 rings (SSSR count). The van der Waals surface area contributed by atoms with Crippen molar-refractivity contribution in [2.45, 2.75) is 11.3 Å². The van der Waals surface area contributed by atoms with Gasteiger partial charge in [-0.1, -0.05) is 5.16 Å². The first-order valence-electron chi connectivity index (χ1n) is 4.83. The van der Waals surface area contributed by atoms with Gasteiger partial charge in [0, 0.05) is 30.6 Å². The molecule has 0 fully saturated rings. The molecule has 1 aromatic heterocycles. The summed E-state index contributed by atoms with van der Waals surface area (Å²) in [6.07, 6.45) is 2.63. The second-order valence-electron chi connectivity index (χ2n) is 3.06. The Hall–Kier alpha value is -1.27. The molecule has 1 aromatic rings. The molecule has 0 spiro atoms. The summed E-state index contributed by atoms with van der Waals surface area (Å²) >= 11 is 1.69. The number of amidine groups is 1. The van der Waals surface area contributed by atoms with Crippen molar-refractivity contribution in [3.8, 4) is 0 Å². The highest BCUT2D eigenvalue weighted by Gasteiger charge is 2.02. The van der Waals surface area contributed by atoms with Crippen molar-refractivity contribution in [3.63, 3.8) is 0 Å². The minimum Gasteiger partial charge on any atom is -0.409 e. The predicted molar refractivity (Wildman–Crippen MR) is 64.0 cm³/mol. The third-order valence-electron chi connectivity index (χ3n) is 1.86. The zero-order chi connectivity index (χ0) is 11.8. The monoisotopic (exact) mass is 241 g/mol. The van der Waals surface area contributed by atoms with E-state index in [4.69, 9.17) is 15.7 Å². The van der Waals surface area contributed by atoms with Crippen LogP contribution in [-0.2, 0) is 4.74 Å². The van der Waals surface area contributed by atoms with Crippen molar-refractivity contribution in [1.82, 2.24) is 4.98 Å². The highest BCUT2D eigenvalue weighted by molar-refractivity contribution is 7.99.